The standard InChI is InChI=1S/C22H16N4O8/c27-21(14-33-20-7-2-1-6-19(20)26(31)32)24-23-13-15-4-3-5-18(12-15)34-22(28)16-8-10-17(11-9-16)25(29)30/h1-13H,14H2,(H,24,27). The van der Waals surface area contributed by atoms with E-state index in [9.17, 15) is 29.8 Å². The van der Waals surface area contributed by atoms with Gasteiger partial charge in [0.25, 0.3) is 11.6 Å². The van der Waals surface area contributed by atoms with Crippen molar-refractivity contribution in [2.45, 2.75) is 0 Å². The third kappa shape index (κ3) is 6.43. The van der Waals surface area contributed by atoms with Gasteiger partial charge in [-0.15, -0.1) is 0 Å². The highest BCUT2D eigenvalue weighted by molar-refractivity contribution is 5.91. The van der Waals surface area contributed by atoms with Crippen LogP contribution in [-0.2, 0) is 4.79 Å². The van der Waals surface area contributed by atoms with E-state index in [2.05, 4.69) is 10.5 Å². The summed E-state index contributed by atoms with van der Waals surface area (Å²) in [6.45, 7) is -0.491. The normalized spacial score (nSPS) is 10.5. The van der Waals surface area contributed by atoms with Crippen molar-refractivity contribution in [2.75, 3.05) is 6.61 Å². The highest BCUT2D eigenvalue weighted by Gasteiger charge is 2.15. The summed E-state index contributed by atoms with van der Waals surface area (Å²) in [4.78, 5) is 44.6. The number of ether oxygens (including phenoxy) is 2. The first-order chi connectivity index (χ1) is 16.3. The Bertz CT molecular complexity index is 1260. The molecule has 12 nitrogen and oxygen atoms in total. The zero-order valence-electron chi connectivity index (χ0n) is 17.3. The minimum absolute atomic E-state index is 0.0471. The van der Waals surface area contributed by atoms with Crippen molar-refractivity contribution in [3.05, 3.63) is 104 Å². The molecule has 0 saturated carbocycles. The summed E-state index contributed by atoms with van der Waals surface area (Å²) in [5, 5.41) is 25.4. The minimum atomic E-state index is -0.704. The van der Waals surface area contributed by atoms with Gasteiger partial charge in [-0.2, -0.15) is 5.10 Å². The Labute approximate surface area is 191 Å². The fraction of sp³-hybridized carbons (Fsp3) is 0.0455. The molecule has 34 heavy (non-hydrogen) atoms. The maximum Gasteiger partial charge on any atom is 0.343 e. The second-order valence-corrected chi connectivity index (χ2v) is 6.57. The molecule has 172 valence electrons. The molecule has 0 aliphatic heterocycles. The largest absolute Gasteiger partial charge is 0.477 e. The van der Waals surface area contributed by atoms with Crippen LogP contribution in [0, 0.1) is 20.2 Å². The van der Waals surface area contributed by atoms with E-state index in [0.29, 0.717) is 5.56 Å². The monoisotopic (exact) mass is 464 g/mol. The number of non-ortho nitro benzene ring substituents is 1. The molecule has 0 aliphatic rings. The number of hydrogen-bond acceptors (Lipinski definition) is 9. The Morgan fingerprint density at radius 2 is 1.68 bits per heavy atom. The summed E-state index contributed by atoms with van der Waals surface area (Å²) in [5.41, 5.74) is 2.44. The summed E-state index contributed by atoms with van der Waals surface area (Å²) in [6.07, 6.45) is 1.30. The molecule has 0 saturated heterocycles. The Kier molecular flexibility index (Phi) is 7.58. The molecule has 0 unspecified atom stereocenters. The van der Waals surface area contributed by atoms with Crippen LogP contribution in [0.2, 0.25) is 0 Å². The number of nitrogens with one attached hydrogen (secondary N) is 1. The predicted molar refractivity (Wildman–Crippen MR) is 119 cm³/mol. The molecule has 12 heteroatoms. The first-order valence-electron chi connectivity index (χ1n) is 9.58. The van der Waals surface area contributed by atoms with Crippen molar-refractivity contribution in [3.8, 4) is 11.5 Å². The number of hydrazone groups is 1. The average molecular weight is 464 g/mol. The Morgan fingerprint density at radius 1 is 0.941 bits per heavy atom. The molecule has 3 aromatic rings. The van der Waals surface area contributed by atoms with E-state index in [1.54, 1.807) is 18.2 Å². The van der Waals surface area contributed by atoms with Gasteiger partial charge in [-0.3, -0.25) is 25.0 Å². The SMILES string of the molecule is O=C(COc1ccccc1[N+](=O)[O-])NN=Cc1cccc(OC(=O)c2ccc([N+](=O)[O-])cc2)c1. The van der Waals surface area contributed by atoms with Crippen LogP contribution in [0.25, 0.3) is 0 Å². The molecule has 0 atom stereocenters. The molecule has 3 aromatic carbocycles. The van der Waals surface area contributed by atoms with Crippen molar-refractivity contribution in [3.63, 3.8) is 0 Å². The Hall–Kier alpha value is -5.13. The fourth-order valence-corrected chi connectivity index (χ4v) is 2.63. The zero-order chi connectivity index (χ0) is 24.5. The number of nitrogens with zero attached hydrogens (tertiary/aromatic N) is 3. The molecule has 0 spiro atoms. The molecular formula is C22H16N4O8. The summed E-state index contributed by atoms with van der Waals surface area (Å²) in [7, 11) is 0. The van der Waals surface area contributed by atoms with Gasteiger partial charge in [0, 0.05) is 18.2 Å². The summed E-state index contributed by atoms with van der Waals surface area (Å²) in [5.74, 6) is -1.20. The number of benzene rings is 3. The highest BCUT2D eigenvalue weighted by Crippen LogP contribution is 2.25. The van der Waals surface area contributed by atoms with Crippen molar-refractivity contribution in [2.24, 2.45) is 5.10 Å². The number of esters is 1. The van der Waals surface area contributed by atoms with Crippen molar-refractivity contribution in [1.82, 2.24) is 5.43 Å². The lowest BCUT2D eigenvalue weighted by Gasteiger charge is -2.06. The molecule has 0 aromatic heterocycles. The number of rotatable bonds is 9. The van der Waals surface area contributed by atoms with Crippen LogP contribution in [-0.4, -0.2) is 34.5 Å². The molecule has 0 bridgehead atoms. The number of nitro benzene ring substituents is 2. The van der Waals surface area contributed by atoms with Crippen LogP contribution in [0.1, 0.15) is 15.9 Å². The van der Waals surface area contributed by atoms with Crippen LogP contribution in [0.4, 0.5) is 11.4 Å². The number of nitro groups is 2. The van der Waals surface area contributed by atoms with Crippen molar-refractivity contribution in [1.29, 1.82) is 0 Å². The van der Waals surface area contributed by atoms with Gasteiger partial charge in [-0.05, 0) is 35.9 Å². The number of amides is 1. The lowest BCUT2D eigenvalue weighted by atomic mass is 10.2. The van der Waals surface area contributed by atoms with Gasteiger partial charge in [0.1, 0.15) is 5.75 Å². The van der Waals surface area contributed by atoms with Gasteiger partial charge < -0.3 is 9.47 Å². The molecule has 0 heterocycles. The molecule has 0 fully saturated rings. The maximum absolute atomic E-state index is 12.2. The van der Waals surface area contributed by atoms with Crippen LogP contribution in [0.15, 0.2) is 77.9 Å². The molecular weight excluding hydrogens is 448 g/mol. The molecule has 1 N–H and O–H groups in total. The van der Waals surface area contributed by atoms with Crippen molar-refractivity contribution >= 4 is 29.5 Å². The Balaban J connectivity index is 1.54. The van der Waals surface area contributed by atoms with E-state index in [4.69, 9.17) is 9.47 Å². The van der Waals surface area contributed by atoms with E-state index in [1.165, 1.54) is 60.8 Å². The van der Waals surface area contributed by atoms with Crippen LogP contribution in [0.3, 0.4) is 0 Å². The number of carbonyl (C=O) groups is 2. The first kappa shape index (κ1) is 23.5. The lowest BCUT2D eigenvalue weighted by molar-refractivity contribution is -0.385. The van der Waals surface area contributed by atoms with Gasteiger partial charge >= 0.3 is 11.7 Å². The molecule has 1 amide bonds. The topological polar surface area (TPSA) is 163 Å². The summed E-state index contributed by atoms with van der Waals surface area (Å²) < 4.78 is 10.4. The van der Waals surface area contributed by atoms with Crippen LogP contribution < -0.4 is 14.9 Å². The Morgan fingerprint density at radius 3 is 2.38 bits per heavy atom. The van der Waals surface area contributed by atoms with Gasteiger partial charge in [-0.25, -0.2) is 10.2 Å². The first-order valence-corrected chi connectivity index (χ1v) is 9.58. The van der Waals surface area contributed by atoms with E-state index in [1.807, 2.05) is 0 Å². The molecule has 3 rings (SSSR count). The molecule has 0 aliphatic carbocycles. The summed E-state index contributed by atoms with van der Waals surface area (Å²) in [6, 6.07) is 16.9. The zero-order valence-corrected chi connectivity index (χ0v) is 17.3. The maximum atomic E-state index is 12.2. The third-order valence-corrected chi connectivity index (χ3v) is 4.21. The predicted octanol–water partition coefficient (Wildman–Crippen LogP) is 3.25. The van der Waals surface area contributed by atoms with Gasteiger partial charge in [0.05, 0.1) is 21.6 Å². The minimum Gasteiger partial charge on any atom is -0.477 e. The van der Waals surface area contributed by atoms with Gasteiger partial charge in [0.2, 0.25) is 0 Å². The van der Waals surface area contributed by atoms with E-state index in [0.717, 1.165) is 0 Å². The third-order valence-electron chi connectivity index (χ3n) is 4.21. The van der Waals surface area contributed by atoms with Crippen molar-refractivity contribution < 1.29 is 28.9 Å². The van der Waals surface area contributed by atoms with E-state index in [-0.39, 0.29) is 28.4 Å². The van der Waals surface area contributed by atoms with Gasteiger partial charge in [-0.1, -0.05) is 24.3 Å². The number of hydrogen-bond donors (Lipinski definition) is 1. The molecule has 0 radical (unpaired) electrons. The van der Waals surface area contributed by atoms with Crippen LogP contribution in [0.5, 0.6) is 11.5 Å². The van der Waals surface area contributed by atoms with E-state index < -0.39 is 28.3 Å². The summed E-state index contributed by atoms with van der Waals surface area (Å²) >= 11 is 0. The van der Waals surface area contributed by atoms with Gasteiger partial charge in [0.15, 0.2) is 12.4 Å². The van der Waals surface area contributed by atoms with E-state index >= 15 is 0 Å². The quantitative estimate of drug-likeness (QED) is 0.166. The fourth-order valence-electron chi connectivity index (χ4n) is 2.63. The number of para-hydroxylation sites is 2. The number of carbonyl (C=O) groups excluding carboxylic acids is 2. The second kappa shape index (κ2) is 10.9. The second-order valence-electron chi connectivity index (χ2n) is 6.57. The highest BCUT2D eigenvalue weighted by atomic mass is 16.6. The van der Waals surface area contributed by atoms with Crippen LogP contribution >= 0.6 is 0 Å². The lowest BCUT2D eigenvalue weighted by Crippen LogP contribution is -2.24. The average Bonchev–Trinajstić information content (AvgIpc) is 2.83. The smallest absolute Gasteiger partial charge is 0.343 e.